The van der Waals surface area contributed by atoms with Crippen LogP contribution in [0.2, 0.25) is 0 Å². The Balaban J connectivity index is 1.80. The number of anilines is 1. The summed E-state index contributed by atoms with van der Waals surface area (Å²) in [5.41, 5.74) is 2.50. The number of halogens is 1. The molecule has 1 N–H and O–H groups in total. The second-order valence-corrected chi connectivity index (χ2v) is 5.94. The van der Waals surface area contributed by atoms with Crippen LogP contribution in [0.15, 0.2) is 30.3 Å². The molecular weight excluding hydrogens is 353 g/mol. The Kier molecular flexibility index (Phi) is 5.61. The molecule has 6 nitrogen and oxygen atoms in total. The summed E-state index contributed by atoms with van der Waals surface area (Å²) in [5.74, 6) is 0.826. The summed E-state index contributed by atoms with van der Waals surface area (Å²) < 4.78 is 34.8. The normalized spacial score (nSPS) is 13.0. The summed E-state index contributed by atoms with van der Waals surface area (Å²) in [7, 11) is 3.07. The molecule has 0 unspecified atom stereocenters. The van der Waals surface area contributed by atoms with Gasteiger partial charge in [0.1, 0.15) is 11.6 Å². The van der Waals surface area contributed by atoms with Gasteiger partial charge in [0.2, 0.25) is 5.91 Å². The molecule has 0 atom stereocenters. The lowest BCUT2D eigenvalue weighted by molar-refractivity contribution is -0.111. The Morgan fingerprint density at radius 3 is 2.67 bits per heavy atom. The smallest absolute Gasteiger partial charge is 0.248 e. The molecule has 0 aromatic heterocycles. The van der Waals surface area contributed by atoms with E-state index < -0.39 is 5.82 Å². The van der Waals surface area contributed by atoms with Crippen molar-refractivity contribution in [2.24, 2.45) is 0 Å². The number of benzene rings is 2. The molecule has 1 amide bonds. The number of rotatable bonds is 5. The number of aryl methyl sites for hydroxylation is 1. The molecular formula is C20H20FNO5. The third-order valence-electron chi connectivity index (χ3n) is 4.11. The number of carbonyl (C=O) groups excluding carboxylic acids is 1. The van der Waals surface area contributed by atoms with Crippen LogP contribution in [0.1, 0.15) is 16.7 Å². The van der Waals surface area contributed by atoms with Crippen molar-refractivity contribution >= 4 is 17.7 Å². The van der Waals surface area contributed by atoms with E-state index in [9.17, 15) is 9.18 Å². The molecule has 2 aromatic carbocycles. The molecule has 0 bridgehead atoms. The van der Waals surface area contributed by atoms with E-state index in [-0.39, 0.29) is 19.3 Å². The number of hydrogen-bond donors (Lipinski definition) is 1. The third kappa shape index (κ3) is 4.20. The lowest BCUT2D eigenvalue weighted by Crippen LogP contribution is -2.13. The van der Waals surface area contributed by atoms with Gasteiger partial charge in [-0.05, 0) is 36.8 Å². The van der Waals surface area contributed by atoms with Crippen molar-refractivity contribution in [3.63, 3.8) is 0 Å². The topological polar surface area (TPSA) is 66.0 Å². The highest BCUT2D eigenvalue weighted by Crippen LogP contribution is 2.33. The first-order valence-corrected chi connectivity index (χ1v) is 8.26. The zero-order valence-electron chi connectivity index (χ0n) is 15.3. The van der Waals surface area contributed by atoms with Gasteiger partial charge in [-0.3, -0.25) is 4.79 Å². The van der Waals surface area contributed by atoms with Crippen molar-refractivity contribution in [3.05, 3.63) is 52.8 Å². The van der Waals surface area contributed by atoms with Crippen LogP contribution in [-0.2, 0) is 16.1 Å². The van der Waals surface area contributed by atoms with E-state index in [1.54, 1.807) is 19.2 Å². The summed E-state index contributed by atoms with van der Waals surface area (Å²) in [4.78, 5) is 12.3. The highest BCUT2D eigenvalue weighted by atomic mass is 19.1. The Labute approximate surface area is 156 Å². The molecule has 1 aliphatic rings. The lowest BCUT2D eigenvalue weighted by atomic mass is 10.1. The van der Waals surface area contributed by atoms with Crippen LogP contribution in [0.3, 0.4) is 0 Å². The van der Waals surface area contributed by atoms with Crippen molar-refractivity contribution in [1.82, 2.24) is 0 Å². The van der Waals surface area contributed by atoms with Crippen LogP contribution >= 0.6 is 0 Å². The van der Waals surface area contributed by atoms with E-state index in [0.717, 1.165) is 5.56 Å². The second-order valence-electron chi connectivity index (χ2n) is 5.94. The van der Waals surface area contributed by atoms with Crippen molar-refractivity contribution in [2.45, 2.75) is 13.5 Å². The quantitative estimate of drug-likeness (QED) is 0.810. The summed E-state index contributed by atoms with van der Waals surface area (Å²) in [6.07, 6.45) is 2.84. The third-order valence-corrected chi connectivity index (χ3v) is 4.11. The van der Waals surface area contributed by atoms with Crippen LogP contribution in [0.25, 0.3) is 6.08 Å². The highest BCUT2D eigenvalue weighted by Gasteiger charge is 2.16. The van der Waals surface area contributed by atoms with Crippen LogP contribution in [0.5, 0.6) is 17.2 Å². The fourth-order valence-electron chi connectivity index (χ4n) is 2.79. The van der Waals surface area contributed by atoms with Gasteiger partial charge >= 0.3 is 0 Å². The van der Waals surface area contributed by atoms with E-state index >= 15 is 0 Å². The number of fused-ring (bicyclic) bond motifs is 1. The summed E-state index contributed by atoms with van der Waals surface area (Å²) >= 11 is 0. The van der Waals surface area contributed by atoms with Gasteiger partial charge in [-0.2, -0.15) is 0 Å². The minimum absolute atomic E-state index is 0.0938. The molecule has 142 valence electrons. The lowest BCUT2D eigenvalue weighted by Gasteiger charge is -2.19. The highest BCUT2D eigenvalue weighted by molar-refractivity contribution is 6.02. The molecule has 1 heterocycles. The summed E-state index contributed by atoms with van der Waals surface area (Å²) in [6, 6.07) is 6.13. The first kappa shape index (κ1) is 18.7. The largest absolute Gasteiger partial charge is 0.493 e. The van der Waals surface area contributed by atoms with E-state index in [1.807, 2.05) is 6.92 Å². The Morgan fingerprint density at radius 1 is 1.19 bits per heavy atom. The average Bonchev–Trinajstić information content (AvgIpc) is 2.67. The molecule has 1 aliphatic heterocycles. The van der Waals surface area contributed by atoms with Crippen LogP contribution in [0.4, 0.5) is 10.1 Å². The van der Waals surface area contributed by atoms with Gasteiger partial charge in [0.05, 0.1) is 20.8 Å². The molecule has 0 spiro atoms. The molecule has 0 radical (unpaired) electrons. The minimum Gasteiger partial charge on any atom is -0.493 e. The van der Waals surface area contributed by atoms with E-state index in [1.165, 1.54) is 31.4 Å². The molecule has 0 saturated heterocycles. The Bertz CT molecular complexity index is 894. The number of methoxy groups -OCH3 is 2. The maximum atomic E-state index is 13.8. The molecule has 27 heavy (non-hydrogen) atoms. The Morgan fingerprint density at radius 2 is 1.93 bits per heavy atom. The molecule has 0 saturated carbocycles. The van der Waals surface area contributed by atoms with Gasteiger partial charge in [0.15, 0.2) is 18.3 Å². The fraction of sp³-hybridized carbons (Fsp3) is 0.250. The number of nitrogens with one attached hydrogen (secondary N) is 1. The van der Waals surface area contributed by atoms with Crippen LogP contribution in [0, 0.1) is 12.7 Å². The zero-order chi connectivity index (χ0) is 19.4. The second kappa shape index (κ2) is 8.09. The van der Waals surface area contributed by atoms with Crippen molar-refractivity contribution in [2.75, 3.05) is 26.3 Å². The average molecular weight is 373 g/mol. The minimum atomic E-state index is -0.418. The number of ether oxygens (including phenoxy) is 4. The van der Waals surface area contributed by atoms with Crippen LogP contribution < -0.4 is 19.5 Å². The zero-order valence-corrected chi connectivity index (χ0v) is 15.3. The first-order valence-electron chi connectivity index (χ1n) is 8.26. The molecule has 0 aliphatic carbocycles. The van der Waals surface area contributed by atoms with Crippen molar-refractivity contribution in [3.8, 4) is 17.2 Å². The van der Waals surface area contributed by atoms with Gasteiger partial charge in [0.25, 0.3) is 0 Å². The van der Waals surface area contributed by atoms with E-state index in [4.69, 9.17) is 18.9 Å². The predicted molar refractivity (Wildman–Crippen MR) is 98.6 cm³/mol. The maximum Gasteiger partial charge on any atom is 0.248 e. The van der Waals surface area contributed by atoms with Crippen molar-refractivity contribution in [1.29, 1.82) is 0 Å². The summed E-state index contributed by atoms with van der Waals surface area (Å²) in [5, 5.41) is 2.78. The van der Waals surface area contributed by atoms with Gasteiger partial charge in [-0.25, -0.2) is 4.39 Å². The maximum absolute atomic E-state index is 13.8. The SMILES string of the molecule is COc1cc(C)c(NC(=O)/C=C/c2cc(F)cc3c2OCOC3)cc1OC. The number of hydrogen-bond acceptors (Lipinski definition) is 5. The fourth-order valence-corrected chi connectivity index (χ4v) is 2.79. The standard InChI is InChI=1S/C20H20FNO5/c1-12-6-17(24-2)18(25-3)9-16(12)22-19(23)5-4-13-7-15(21)8-14-10-26-11-27-20(13)14/h4-9H,10-11H2,1-3H3,(H,22,23)/b5-4+. The van der Waals surface area contributed by atoms with Gasteiger partial charge < -0.3 is 24.3 Å². The first-order chi connectivity index (χ1) is 13.0. The van der Waals surface area contributed by atoms with Crippen LogP contribution in [-0.4, -0.2) is 26.9 Å². The van der Waals surface area contributed by atoms with E-state index in [0.29, 0.717) is 34.1 Å². The molecule has 7 heteroatoms. The van der Waals surface area contributed by atoms with Gasteiger partial charge in [-0.15, -0.1) is 0 Å². The van der Waals surface area contributed by atoms with Gasteiger partial charge in [-0.1, -0.05) is 0 Å². The van der Waals surface area contributed by atoms with Crippen molar-refractivity contribution < 1.29 is 28.1 Å². The number of carbonyl (C=O) groups is 1. The molecule has 3 rings (SSSR count). The monoisotopic (exact) mass is 373 g/mol. The number of amides is 1. The molecule has 0 fully saturated rings. The summed E-state index contributed by atoms with van der Waals surface area (Å²) in [6.45, 7) is 2.21. The predicted octanol–water partition coefficient (Wildman–Crippen LogP) is 3.67. The van der Waals surface area contributed by atoms with Gasteiger partial charge in [0, 0.05) is 29.0 Å². The van der Waals surface area contributed by atoms with E-state index in [2.05, 4.69) is 5.32 Å². The Hall–Kier alpha value is -3.06. The molecule has 2 aromatic rings.